The summed E-state index contributed by atoms with van der Waals surface area (Å²) in [7, 11) is 0. The summed E-state index contributed by atoms with van der Waals surface area (Å²) in [6.45, 7) is -0.136. The zero-order valence-corrected chi connectivity index (χ0v) is 12.0. The number of nitrogens with two attached hydrogens (primary N) is 1. The molecule has 0 atom stereocenters. The highest BCUT2D eigenvalue weighted by atomic mass is 79.9. The lowest BCUT2D eigenvalue weighted by Crippen LogP contribution is -2.15. The minimum absolute atomic E-state index is 0.0612. The number of nitrogens with zero attached hydrogens (tertiary/aromatic N) is 1. The number of halogens is 1. The van der Waals surface area contributed by atoms with Crippen LogP contribution in [-0.2, 0) is 6.61 Å². The van der Waals surface area contributed by atoms with Crippen molar-refractivity contribution in [3.8, 4) is 11.5 Å². The molecule has 0 saturated carbocycles. The normalized spacial score (nSPS) is 11.4. The highest BCUT2D eigenvalue weighted by Crippen LogP contribution is 2.32. The molecule has 0 saturated heterocycles. The summed E-state index contributed by atoms with van der Waals surface area (Å²) in [5.74, 6) is 0.879. The third-order valence-electron chi connectivity index (χ3n) is 2.70. The molecule has 2 aromatic carbocycles. The molecule has 0 bridgehead atoms. The van der Waals surface area contributed by atoms with E-state index in [9.17, 15) is 5.11 Å². The van der Waals surface area contributed by atoms with E-state index in [2.05, 4.69) is 21.1 Å². The van der Waals surface area contributed by atoms with E-state index in [-0.39, 0.29) is 12.4 Å². The zero-order valence-electron chi connectivity index (χ0n) is 10.5. The van der Waals surface area contributed by atoms with E-state index in [4.69, 9.17) is 15.7 Å². The number of aliphatic hydroxyl groups is 1. The van der Waals surface area contributed by atoms with Gasteiger partial charge in [0, 0.05) is 10.0 Å². The van der Waals surface area contributed by atoms with Gasteiger partial charge >= 0.3 is 0 Å². The van der Waals surface area contributed by atoms with Crippen LogP contribution in [0.1, 0.15) is 11.1 Å². The van der Waals surface area contributed by atoms with E-state index in [0.717, 1.165) is 0 Å². The number of rotatable bonds is 4. The van der Waals surface area contributed by atoms with E-state index >= 15 is 0 Å². The topological polar surface area (TPSA) is 88.1 Å². The molecule has 104 valence electrons. The Morgan fingerprint density at radius 2 is 1.85 bits per heavy atom. The van der Waals surface area contributed by atoms with Crippen LogP contribution in [0.4, 0.5) is 0 Å². The summed E-state index contributed by atoms with van der Waals surface area (Å²) in [4.78, 5) is 0. The van der Waals surface area contributed by atoms with Crippen molar-refractivity contribution in [1.29, 1.82) is 0 Å². The molecule has 5 nitrogen and oxygen atoms in total. The molecule has 0 radical (unpaired) electrons. The SMILES string of the molecule is N/C(=N/O)c1c(Br)cccc1Oc1ccccc1CO. The second-order valence-corrected chi connectivity index (χ2v) is 4.82. The Balaban J connectivity index is 2.46. The summed E-state index contributed by atoms with van der Waals surface area (Å²) < 4.78 is 6.42. The predicted molar refractivity (Wildman–Crippen MR) is 79.1 cm³/mol. The number of hydrogen-bond acceptors (Lipinski definition) is 4. The van der Waals surface area contributed by atoms with Gasteiger partial charge in [-0.05, 0) is 34.1 Å². The Kier molecular flexibility index (Phi) is 4.60. The van der Waals surface area contributed by atoms with E-state index in [0.29, 0.717) is 27.1 Å². The Labute approximate surface area is 124 Å². The molecule has 0 amide bonds. The van der Waals surface area contributed by atoms with Crippen molar-refractivity contribution in [3.63, 3.8) is 0 Å². The van der Waals surface area contributed by atoms with Crippen molar-refractivity contribution in [2.75, 3.05) is 0 Å². The zero-order chi connectivity index (χ0) is 14.5. The first-order chi connectivity index (χ1) is 9.67. The Bertz CT molecular complexity index is 644. The van der Waals surface area contributed by atoms with Crippen molar-refractivity contribution < 1.29 is 15.1 Å². The molecular formula is C14H13BrN2O3. The number of ether oxygens (including phenoxy) is 1. The van der Waals surface area contributed by atoms with Crippen LogP contribution < -0.4 is 10.5 Å². The Hall–Kier alpha value is -2.05. The maximum absolute atomic E-state index is 9.30. The standard InChI is InChI=1S/C14H13BrN2O3/c15-10-5-3-7-12(13(10)14(16)17-19)20-11-6-2-1-4-9(11)8-18/h1-7,18-19H,8H2,(H2,16,17). The van der Waals surface area contributed by atoms with Crippen molar-refractivity contribution in [1.82, 2.24) is 0 Å². The second-order valence-electron chi connectivity index (χ2n) is 3.97. The fourth-order valence-electron chi connectivity index (χ4n) is 1.74. The van der Waals surface area contributed by atoms with Gasteiger partial charge in [-0.25, -0.2) is 0 Å². The molecule has 6 heteroatoms. The van der Waals surface area contributed by atoms with Crippen LogP contribution in [-0.4, -0.2) is 16.1 Å². The maximum Gasteiger partial charge on any atom is 0.175 e. The van der Waals surface area contributed by atoms with Gasteiger partial charge < -0.3 is 20.8 Å². The summed E-state index contributed by atoms with van der Waals surface area (Å²) in [5.41, 5.74) is 6.76. The number of hydrogen-bond donors (Lipinski definition) is 3. The van der Waals surface area contributed by atoms with E-state index < -0.39 is 0 Å². The molecule has 0 aliphatic carbocycles. The van der Waals surface area contributed by atoms with Crippen LogP contribution in [0.25, 0.3) is 0 Å². The van der Waals surface area contributed by atoms with E-state index in [1.165, 1.54) is 0 Å². The molecule has 0 aliphatic heterocycles. The molecule has 0 aromatic heterocycles. The molecule has 4 N–H and O–H groups in total. The van der Waals surface area contributed by atoms with Gasteiger partial charge in [0.1, 0.15) is 11.5 Å². The van der Waals surface area contributed by atoms with Crippen LogP contribution in [0.2, 0.25) is 0 Å². The summed E-state index contributed by atoms with van der Waals surface area (Å²) >= 11 is 3.34. The first kappa shape index (κ1) is 14.4. The average molecular weight is 337 g/mol. The molecule has 0 spiro atoms. The molecule has 0 unspecified atom stereocenters. The van der Waals surface area contributed by atoms with Crippen LogP contribution in [0.15, 0.2) is 52.1 Å². The predicted octanol–water partition coefficient (Wildman–Crippen LogP) is 2.83. The van der Waals surface area contributed by atoms with Crippen molar-refractivity contribution in [2.45, 2.75) is 6.61 Å². The molecule has 2 aromatic rings. The number of aliphatic hydroxyl groups excluding tert-OH is 1. The van der Waals surface area contributed by atoms with Gasteiger partial charge in [0.25, 0.3) is 0 Å². The van der Waals surface area contributed by atoms with Gasteiger partial charge in [0.2, 0.25) is 0 Å². The van der Waals surface area contributed by atoms with Gasteiger partial charge in [0.15, 0.2) is 5.84 Å². The van der Waals surface area contributed by atoms with Gasteiger partial charge in [-0.1, -0.05) is 29.4 Å². The van der Waals surface area contributed by atoms with Gasteiger partial charge in [-0.15, -0.1) is 0 Å². The minimum Gasteiger partial charge on any atom is -0.456 e. The van der Waals surface area contributed by atoms with Crippen LogP contribution in [0.3, 0.4) is 0 Å². The third kappa shape index (κ3) is 2.92. The maximum atomic E-state index is 9.30. The van der Waals surface area contributed by atoms with E-state index in [1.807, 2.05) is 6.07 Å². The summed E-state index contributed by atoms with van der Waals surface area (Å²) in [6, 6.07) is 12.3. The first-order valence-corrected chi connectivity index (χ1v) is 6.59. The average Bonchev–Trinajstić information content (AvgIpc) is 2.47. The quantitative estimate of drug-likeness (QED) is 0.346. The number of amidine groups is 1. The summed E-state index contributed by atoms with van der Waals surface area (Å²) in [5, 5.41) is 21.1. The highest BCUT2D eigenvalue weighted by Gasteiger charge is 2.14. The number of benzene rings is 2. The van der Waals surface area contributed by atoms with E-state index in [1.54, 1.807) is 36.4 Å². The number of para-hydroxylation sites is 1. The largest absolute Gasteiger partial charge is 0.456 e. The third-order valence-corrected chi connectivity index (χ3v) is 3.36. The number of oxime groups is 1. The molecule has 20 heavy (non-hydrogen) atoms. The van der Waals surface area contributed by atoms with Crippen molar-refractivity contribution in [3.05, 3.63) is 58.1 Å². The Morgan fingerprint density at radius 3 is 2.55 bits per heavy atom. The van der Waals surface area contributed by atoms with Gasteiger partial charge in [-0.3, -0.25) is 0 Å². The highest BCUT2D eigenvalue weighted by molar-refractivity contribution is 9.10. The fraction of sp³-hybridized carbons (Fsp3) is 0.0714. The molecule has 0 heterocycles. The lowest BCUT2D eigenvalue weighted by atomic mass is 10.1. The lowest BCUT2D eigenvalue weighted by Gasteiger charge is -2.13. The lowest BCUT2D eigenvalue weighted by molar-refractivity contribution is 0.276. The van der Waals surface area contributed by atoms with Crippen LogP contribution in [0, 0.1) is 0 Å². The fourth-order valence-corrected chi connectivity index (χ4v) is 2.29. The van der Waals surface area contributed by atoms with Gasteiger partial charge in [0.05, 0.1) is 12.2 Å². The van der Waals surface area contributed by atoms with Gasteiger partial charge in [-0.2, -0.15) is 0 Å². The minimum atomic E-state index is -0.136. The Morgan fingerprint density at radius 1 is 1.15 bits per heavy atom. The molecule has 0 fully saturated rings. The molecule has 2 rings (SSSR count). The molecular weight excluding hydrogens is 324 g/mol. The molecule has 0 aliphatic rings. The van der Waals surface area contributed by atoms with Crippen molar-refractivity contribution in [2.24, 2.45) is 10.9 Å². The first-order valence-electron chi connectivity index (χ1n) is 5.80. The van der Waals surface area contributed by atoms with Crippen molar-refractivity contribution >= 4 is 21.8 Å². The van der Waals surface area contributed by atoms with Crippen LogP contribution >= 0.6 is 15.9 Å². The van der Waals surface area contributed by atoms with Crippen LogP contribution in [0.5, 0.6) is 11.5 Å². The monoisotopic (exact) mass is 336 g/mol. The second kappa shape index (κ2) is 6.40. The smallest absolute Gasteiger partial charge is 0.175 e. The summed E-state index contributed by atoms with van der Waals surface area (Å²) in [6.07, 6.45) is 0.